The Morgan fingerprint density at radius 1 is 1.44 bits per heavy atom. The molecule has 9 heavy (non-hydrogen) atoms. The van der Waals surface area contributed by atoms with Crippen LogP contribution < -0.4 is 0 Å². The maximum absolute atomic E-state index is 11.5. The molecular formula is C5H12Br2FN. The first-order chi connectivity index (χ1) is 3.81. The Balaban J connectivity index is 0. The van der Waals surface area contributed by atoms with Crippen LogP contribution in [0.5, 0.6) is 0 Å². The zero-order valence-corrected chi connectivity index (χ0v) is 8.74. The molecule has 0 saturated carbocycles. The predicted octanol–water partition coefficient (Wildman–Crippen LogP) is 1.86. The van der Waals surface area contributed by atoms with E-state index < -0.39 is 0 Å². The van der Waals surface area contributed by atoms with Crippen molar-refractivity contribution in [1.82, 2.24) is 4.90 Å². The lowest BCUT2D eigenvalue weighted by molar-refractivity contribution is 0.310. The van der Waals surface area contributed by atoms with E-state index in [1.165, 1.54) is 0 Å². The Morgan fingerprint density at radius 2 is 2.00 bits per heavy atom. The highest BCUT2D eigenvalue weighted by Crippen LogP contribution is 1.85. The van der Waals surface area contributed by atoms with Gasteiger partial charge in [0, 0.05) is 18.4 Å². The molecule has 0 fully saturated rings. The van der Waals surface area contributed by atoms with Gasteiger partial charge in [-0.25, -0.2) is 4.39 Å². The van der Waals surface area contributed by atoms with Gasteiger partial charge in [-0.1, -0.05) is 15.9 Å². The summed E-state index contributed by atoms with van der Waals surface area (Å²) in [6.07, 6.45) is 0. The van der Waals surface area contributed by atoms with Gasteiger partial charge < -0.3 is 4.90 Å². The van der Waals surface area contributed by atoms with E-state index in [4.69, 9.17) is 0 Å². The lowest BCUT2D eigenvalue weighted by Crippen LogP contribution is -2.22. The van der Waals surface area contributed by atoms with Crippen molar-refractivity contribution in [3.05, 3.63) is 0 Å². The fourth-order valence-corrected chi connectivity index (χ4v) is 1.01. The minimum Gasteiger partial charge on any atom is -0.303 e. The molecule has 1 nitrogen and oxygen atoms in total. The molecule has 4 heteroatoms. The minimum absolute atomic E-state index is 0. The summed E-state index contributed by atoms with van der Waals surface area (Å²) < 4.78 is 11.5. The third-order valence-corrected chi connectivity index (χ3v) is 1.29. The average Bonchev–Trinajstić information content (AvgIpc) is 1.68. The van der Waals surface area contributed by atoms with Gasteiger partial charge in [0.1, 0.15) is 6.67 Å². The summed E-state index contributed by atoms with van der Waals surface area (Å²) in [4.78, 5) is 1.94. The van der Waals surface area contributed by atoms with Crippen molar-refractivity contribution in [2.75, 3.05) is 32.1 Å². The number of alkyl halides is 2. The van der Waals surface area contributed by atoms with Gasteiger partial charge in [0.25, 0.3) is 0 Å². The van der Waals surface area contributed by atoms with Crippen LogP contribution in [0.2, 0.25) is 0 Å². The molecule has 0 heterocycles. The first-order valence-corrected chi connectivity index (χ1v) is 3.74. The first kappa shape index (κ1) is 12.5. The predicted molar refractivity (Wildman–Crippen MR) is 47.6 cm³/mol. The maximum atomic E-state index is 11.5. The number of hydrogen-bond donors (Lipinski definition) is 0. The molecule has 0 spiro atoms. The lowest BCUT2D eigenvalue weighted by Gasteiger charge is -2.10. The van der Waals surface area contributed by atoms with Crippen molar-refractivity contribution in [2.45, 2.75) is 0 Å². The molecule has 0 amide bonds. The summed E-state index contributed by atoms with van der Waals surface area (Å²) in [5.41, 5.74) is 0. The topological polar surface area (TPSA) is 3.24 Å². The van der Waals surface area contributed by atoms with E-state index in [1.54, 1.807) is 0 Å². The number of halogens is 3. The summed E-state index contributed by atoms with van der Waals surface area (Å²) in [5, 5.41) is 0.920. The summed E-state index contributed by atoms with van der Waals surface area (Å²) in [7, 11) is 1.90. The van der Waals surface area contributed by atoms with Gasteiger partial charge in [0.05, 0.1) is 0 Å². The van der Waals surface area contributed by atoms with Gasteiger partial charge in [-0.15, -0.1) is 17.0 Å². The zero-order valence-electron chi connectivity index (χ0n) is 5.44. The van der Waals surface area contributed by atoms with Crippen LogP contribution in [-0.4, -0.2) is 37.0 Å². The monoisotopic (exact) mass is 263 g/mol. The molecule has 58 valence electrons. The standard InChI is InChI=1S/C5H11BrFN.BrH/c1-8(4-2-6)5-3-7;/h2-5H2,1H3;1H. The van der Waals surface area contributed by atoms with Crippen molar-refractivity contribution in [3.63, 3.8) is 0 Å². The van der Waals surface area contributed by atoms with E-state index in [2.05, 4.69) is 15.9 Å². The van der Waals surface area contributed by atoms with Crippen molar-refractivity contribution in [2.24, 2.45) is 0 Å². The van der Waals surface area contributed by atoms with Crippen molar-refractivity contribution < 1.29 is 4.39 Å². The minimum atomic E-state index is -0.247. The quantitative estimate of drug-likeness (QED) is 0.701. The number of rotatable bonds is 4. The van der Waals surface area contributed by atoms with Gasteiger partial charge >= 0.3 is 0 Å². The molecule has 0 saturated heterocycles. The molecule has 0 aromatic heterocycles. The lowest BCUT2D eigenvalue weighted by atomic mass is 10.6. The number of hydrogen-bond acceptors (Lipinski definition) is 1. The van der Waals surface area contributed by atoms with Crippen LogP contribution in [0.4, 0.5) is 4.39 Å². The SMILES string of the molecule is Br.CN(CCF)CCBr. The maximum Gasteiger partial charge on any atom is 0.102 e. The molecule has 0 unspecified atom stereocenters. The zero-order chi connectivity index (χ0) is 6.41. The highest BCUT2D eigenvalue weighted by atomic mass is 79.9. The highest BCUT2D eigenvalue weighted by molar-refractivity contribution is 9.09. The molecule has 0 rings (SSSR count). The molecule has 0 atom stereocenters. The fraction of sp³-hybridized carbons (Fsp3) is 1.00. The largest absolute Gasteiger partial charge is 0.303 e. The molecule has 0 aliphatic heterocycles. The van der Waals surface area contributed by atoms with Gasteiger partial charge in [-0.05, 0) is 7.05 Å². The van der Waals surface area contributed by atoms with Gasteiger partial charge in [-0.2, -0.15) is 0 Å². The summed E-state index contributed by atoms with van der Waals surface area (Å²) in [5.74, 6) is 0. The first-order valence-electron chi connectivity index (χ1n) is 2.61. The van der Waals surface area contributed by atoms with E-state index in [9.17, 15) is 4.39 Å². The molecule has 0 radical (unpaired) electrons. The average molecular weight is 265 g/mol. The van der Waals surface area contributed by atoms with E-state index in [0.29, 0.717) is 6.54 Å². The third-order valence-electron chi connectivity index (χ3n) is 0.932. The van der Waals surface area contributed by atoms with Crippen LogP contribution >= 0.6 is 32.9 Å². The molecular weight excluding hydrogens is 253 g/mol. The van der Waals surface area contributed by atoms with Crippen LogP contribution in [0, 0.1) is 0 Å². The Labute approximate surface area is 74.5 Å². The van der Waals surface area contributed by atoms with Crippen LogP contribution in [0.3, 0.4) is 0 Å². The second-order valence-corrected chi connectivity index (χ2v) is 2.47. The van der Waals surface area contributed by atoms with Crippen LogP contribution in [0.15, 0.2) is 0 Å². The molecule has 0 aliphatic rings. The Hall–Kier alpha value is 0.850. The second kappa shape index (κ2) is 8.85. The van der Waals surface area contributed by atoms with Gasteiger partial charge in [-0.3, -0.25) is 0 Å². The molecule has 0 aromatic rings. The van der Waals surface area contributed by atoms with E-state index in [0.717, 1.165) is 11.9 Å². The Morgan fingerprint density at radius 3 is 2.33 bits per heavy atom. The normalized spacial score (nSPS) is 9.33. The molecule has 0 aromatic carbocycles. The molecule has 0 bridgehead atoms. The summed E-state index contributed by atoms with van der Waals surface area (Å²) in [6.45, 7) is 1.22. The van der Waals surface area contributed by atoms with Gasteiger partial charge in [0.2, 0.25) is 0 Å². The fourth-order valence-electron chi connectivity index (χ4n) is 0.400. The van der Waals surface area contributed by atoms with E-state index >= 15 is 0 Å². The third kappa shape index (κ3) is 8.85. The smallest absolute Gasteiger partial charge is 0.102 e. The molecule has 0 aliphatic carbocycles. The van der Waals surface area contributed by atoms with E-state index in [-0.39, 0.29) is 23.7 Å². The van der Waals surface area contributed by atoms with Gasteiger partial charge in [0.15, 0.2) is 0 Å². The Kier molecular flexibility index (Phi) is 12.3. The summed E-state index contributed by atoms with van der Waals surface area (Å²) in [6, 6.07) is 0. The van der Waals surface area contributed by atoms with Crippen molar-refractivity contribution in [1.29, 1.82) is 0 Å². The van der Waals surface area contributed by atoms with Crippen LogP contribution in [0.25, 0.3) is 0 Å². The number of nitrogens with zero attached hydrogens (tertiary/aromatic N) is 1. The van der Waals surface area contributed by atoms with Crippen molar-refractivity contribution in [3.8, 4) is 0 Å². The van der Waals surface area contributed by atoms with E-state index in [1.807, 2.05) is 11.9 Å². The molecule has 0 N–H and O–H groups in total. The second-order valence-electron chi connectivity index (χ2n) is 1.68. The highest BCUT2D eigenvalue weighted by Gasteiger charge is 1.92. The Bertz CT molecular complexity index is 48.2. The van der Waals surface area contributed by atoms with Crippen LogP contribution in [-0.2, 0) is 0 Å². The van der Waals surface area contributed by atoms with Crippen LogP contribution in [0.1, 0.15) is 0 Å². The summed E-state index contributed by atoms with van der Waals surface area (Å²) >= 11 is 3.26. The van der Waals surface area contributed by atoms with Crippen molar-refractivity contribution >= 4 is 32.9 Å².